The van der Waals surface area contributed by atoms with E-state index in [-0.39, 0.29) is 17.0 Å². The number of hydrogen-bond donors (Lipinski definition) is 2. The van der Waals surface area contributed by atoms with Crippen molar-refractivity contribution < 1.29 is 18.4 Å². The molecule has 2 amide bonds. The van der Waals surface area contributed by atoms with Crippen LogP contribution in [0.5, 0.6) is 0 Å². The highest BCUT2D eigenvalue weighted by atomic mass is 32.2. The van der Waals surface area contributed by atoms with Crippen molar-refractivity contribution >= 4 is 21.9 Å². The molecule has 22 heavy (non-hydrogen) atoms. The number of aryl methyl sites for hydroxylation is 1. The number of urea groups is 1. The zero-order valence-electron chi connectivity index (χ0n) is 11.8. The smallest absolute Gasteiger partial charge is 0.344 e. The zero-order chi connectivity index (χ0) is 16.1. The standard InChI is InChI=1S/C11H16N6O4S/c1-15-5-4-13-10(15)22(20,21)14-9(12)8-3-2-7-6-16(8)11(18)17(7)19/h4-5,7-8,19H,2-3,6H2,1H3,(H2,12,14)/t7-,8+/m1/s1. The van der Waals surface area contributed by atoms with Gasteiger partial charge in [-0.2, -0.15) is 8.42 Å². The maximum absolute atomic E-state index is 12.2. The number of imidazole rings is 1. The molecule has 3 N–H and O–H groups in total. The molecule has 1 aromatic heterocycles. The second-order valence-electron chi connectivity index (χ2n) is 5.34. The Morgan fingerprint density at radius 1 is 1.50 bits per heavy atom. The van der Waals surface area contributed by atoms with E-state index in [1.807, 2.05) is 0 Å². The Kier molecular flexibility index (Phi) is 3.33. The van der Waals surface area contributed by atoms with Gasteiger partial charge in [0, 0.05) is 26.0 Å². The van der Waals surface area contributed by atoms with Crippen molar-refractivity contribution in [3.05, 3.63) is 12.4 Å². The molecule has 2 fully saturated rings. The van der Waals surface area contributed by atoms with Crippen molar-refractivity contribution in [3.63, 3.8) is 0 Å². The van der Waals surface area contributed by atoms with E-state index in [1.54, 1.807) is 0 Å². The van der Waals surface area contributed by atoms with Gasteiger partial charge in [-0.25, -0.2) is 14.8 Å². The minimum atomic E-state index is -4.04. The normalized spacial score (nSPS) is 25.9. The quantitative estimate of drug-likeness (QED) is 0.420. The summed E-state index contributed by atoms with van der Waals surface area (Å²) in [5.74, 6) is -0.176. The van der Waals surface area contributed by atoms with Crippen LogP contribution in [0.3, 0.4) is 0 Å². The van der Waals surface area contributed by atoms with E-state index < -0.39 is 22.1 Å². The van der Waals surface area contributed by atoms with Crippen LogP contribution in [0.2, 0.25) is 0 Å². The molecule has 0 radical (unpaired) electrons. The van der Waals surface area contributed by atoms with Crippen molar-refractivity contribution in [1.82, 2.24) is 19.5 Å². The van der Waals surface area contributed by atoms with Crippen LogP contribution in [-0.2, 0) is 17.1 Å². The lowest BCUT2D eigenvalue weighted by atomic mass is 10.0. The average molecular weight is 328 g/mol. The number of fused-ring (bicyclic) bond motifs is 2. The lowest BCUT2D eigenvalue weighted by molar-refractivity contribution is -0.0583. The Bertz CT molecular complexity index is 742. The highest BCUT2D eigenvalue weighted by Gasteiger charge is 2.45. The third kappa shape index (κ3) is 2.22. The SMILES string of the molecule is Cn1ccnc1S(=O)(=O)/N=C(\N)[C@@H]1CC[C@@H]2CN1C(=O)N2O. The van der Waals surface area contributed by atoms with Gasteiger partial charge >= 0.3 is 16.1 Å². The molecule has 10 nitrogen and oxygen atoms in total. The van der Waals surface area contributed by atoms with Gasteiger partial charge in [0.05, 0.1) is 12.1 Å². The van der Waals surface area contributed by atoms with Crippen LogP contribution in [0.15, 0.2) is 21.9 Å². The number of carbonyl (C=O) groups is 1. The monoisotopic (exact) mass is 328 g/mol. The molecule has 0 spiro atoms. The number of carbonyl (C=O) groups excluding carboxylic acids is 1. The lowest BCUT2D eigenvalue weighted by Crippen LogP contribution is -2.48. The number of piperidine rings is 1. The molecule has 0 aliphatic carbocycles. The van der Waals surface area contributed by atoms with Crippen molar-refractivity contribution in [2.24, 2.45) is 17.2 Å². The van der Waals surface area contributed by atoms with Crippen molar-refractivity contribution in [2.45, 2.75) is 30.1 Å². The number of sulfonamides is 1. The van der Waals surface area contributed by atoms with Gasteiger partial charge < -0.3 is 15.2 Å². The highest BCUT2D eigenvalue weighted by molar-refractivity contribution is 7.90. The summed E-state index contributed by atoms with van der Waals surface area (Å²) in [6, 6.07) is -1.50. The molecule has 0 aromatic carbocycles. The Balaban J connectivity index is 1.89. The predicted molar refractivity (Wildman–Crippen MR) is 74.6 cm³/mol. The lowest BCUT2D eigenvalue weighted by Gasteiger charge is -2.29. The highest BCUT2D eigenvalue weighted by Crippen LogP contribution is 2.28. The largest absolute Gasteiger partial charge is 0.385 e. The number of hydrogen-bond acceptors (Lipinski definition) is 5. The van der Waals surface area contributed by atoms with Crippen LogP contribution in [0, 0.1) is 0 Å². The first-order chi connectivity index (χ1) is 10.3. The van der Waals surface area contributed by atoms with Crippen LogP contribution in [0.1, 0.15) is 12.8 Å². The van der Waals surface area contributed by atoms with Gasteiger partial charge in [-0.05, 0) is 12.8 Å². The summed E-state index contributed by atoms with van der Waals surface area (Å²) >= 11 is 0. The van der Waals surface area contributed by atoms with E-state index in [9.17, 15) is 18.4 Å². The molecule has 2 bridgehead atoms. The van der Waals surface area contributed by atoms with Gasteiger partial charge in [0.25, 0.3) is 0 Å². The van der Waals surface area contributed by atoms with Gasteiger partial charge in [-0.3, -0.25) is 5.21 Å². The molecule has 0 unspecified atom stereocenters. The number of amides is 2. The number of nitrogens with zero attached hydrogens (tertiary/aromatic N) is 5. The molecule has 2 aliphatic heterocycles. The maximum atomic E-state index is 12.2. The molecular formula is C11H16N6O4S. The summed E-state index contributed by atoms with van der Waals surface area (Å²) < 4.78 is 29.3. The summed E-state index contributed by atoms with van der Waals surface area (Å²) in [5.41, 5.74) is 5.82. The zero-order valence-corrected chi connectivity index (χ0v) is 12.6. The molecule has 3 rings (SSSR count). The number of aromatic nitrogens is 2. The Labute approximate surface area is 126 Å². The number of nitrogens with two attached hydrogens (primary N) is 1. The van der Waals surface area contributed by atoms with Crippen LogP contribution < -0.4 is 5.73 Å². The van der Waals surface area contributed by atoms with Crippen LogP contribution >= 0.6 is 0 Å². The summed E-state index contributed by atoms with van der Waals surface area (Å²) in [7, 11) is -2.51. The average Bonchev–Trinajstić information content (AvgIpc) is 2.98. The van der Waals surface area contributed by atoms with E-state index in [1.165, 1.54) is 28.9 Å². The van der Waals surface area contributed by atoms with E-state index in [2.05, 4.69) is 9.38 Å². The second kappa shape index (κ2) is 4.95. The topological polar surface area (TPSA) is 134 Å². The molecule has 120 valence electrons. The minimum absolute atomic E-state index is 0.176. The van der Waals surface area contributed by atoms with Crippen molar-refractivity contribution in [3.8, 4) is 0 Å². The number of amidine groups is 1. The summed E-state index contributed by atoms with van der Waals surface area (Å²) in [5, 5.41) is 10.1. The third-order valence-corrected chi connectivity index (χ3v) is 5.23. The molecule has 1 aromatic rings. The van der Waals surface area contributed by atoms with E-state index in [0.717, 1.165) is 0 Å². The minimum Gasteiger partial charge on any atom is -0.385 e. The van der Waals surface area contributed by atoms with E-state index in [4.69, 9.17) is 5.73 Å². The molecule has 2 aliphatic rings. The number of rotatable bonds is 3. The van der Waals surface area contributed by atoms with Gasteiger partial charge in [-0.1, -0.05) is 0 Å². The van der Waals surface area contributed by atoms with Gasteiger partial charge in [0.15, 0.2) is 0 Å². The third-order valence-electron chi connectivity index (χ3n) is 3.92. The molecule has 2 atom stereocenters. The van der Waals surface area contributed by atoms with Gasteiger partial charge in [0.2, 0.25) is 5.16 Å². The first kappa shape index (κ1) is 14.8. The van der Waals surface area contributed by atoms with Crippen LogP contribution in [0.4, 0.5) is 4.79 Å². The fourth-order valence-corrected chi connectivity index (χ4v) is 3.90. The summed E-state index contributed by atoms with van der Waals surface area (Å²) in [6.07, 6.45) is 3.80. The van der Waals surface area contributed by atoms with E-state index in [0.29, 0.717) is 24.4 Å². The molecular weight excluding hydrogens is 312 g/mol. The Morgan fingerprint density at radius 3 is 2.86 bits per heavy atom. The van der Waals surface area contributed by atoms with Gasteiger partial charge in [-0.15, -0.1) is 4.40 Å². The first-order valence-corrected chi connectivity index (χ1v) is 8.11. The van der Waals surface area contributed by atoms with Crippen molar-refractivity contribution in [1.29, 1.82) is 0 Å². The fourth-order valence-electron chi connectivity index (χ4n) is 2.80. The molecule has 11 heteroatoms. The second-order valence-corrected chi connectivity index (χ2v) is 6.84. The molecule has 3 heterocycles. The first-order valence-electron chi connectivity index (χ1n) is 6.67. The van der Waals surface area contributed by atoms with Gasteiger partial charge in [0.1, 0.15) is 5.84 Å². The van der Waals surface area contributed by atoms with Crippen LogP contribution in [-0.4, -0.2) is 63.6 Å². The maximum Gasteiger partial charge on any atom is 0.344 e. The Morgan fingerprint density at radius 2 is 2.23 bits per heavy atom. The predicted octanol–water partition coefficient (Wildman–Crippen LogP) is -0.876. The number of hydroxylamine groups is 2. The van der Waals surface area contributed by atoms with Crippen molar-refractivity contribution in [2.75, 3.05) is 6.54 Å². The fraction of sp³-hybridized carbons (Fsp3) is 0.545. The van der Waals surface area contributed by atoms with Crippen LogP contribution in [0.25, 0.3) is 0 Å². The molecule has 0 saturated carbocycles. The molecule has 2 saturated heterocycles. The Hall–Kier alpha value is -2.14. The van der Waals surface area contributed by atoms with E-state index >= 15 is 0 Å². The summed E-state index contributed by atoms with van der Waals surface area (Å²) in [4.78, 5) is 17.0. The summed E-state index contributed by atoms with van der Waals surface area (Å²) in [6.45, 7) is 0.304.